The van der Waals surface area contributed by atoms with Crippen molar-refractivity contribution in [2.45, 2.75) is 6.92 Å². The van der Waals surface area contributed by atoms with Gasteiger partial charge in [-0.25, -0.2) is 10.2 Å². The number of amides is 2. The molecule has 42 heavy (non-hydrogen) atoms. The number of hydrogen-bond donors (Lipinski definition) is 2. The number of benzene rings is 3. The predicted molar refractivity (Wildman–Crippen MR) is 158 cm³/mol. The molecule has 0 aliphatic rings. The van der Waals surface area contributed by atoms with Crippen LogP contribution in [0.25, 0.3) is 6.08 Å². The number of nitrogens with one attached hydrogen (secondary N) is 2. The van der Waals surface area contributed by atoms with Crippen LogP contribution < -0.4 is 20.2 Å². The second-order valence-electron chi connectivity index (χ2n) is 8.43. The van der Waals surface area contributed by atoms with Gasteiger partial charge >= 0.3 is 5.97 Å². The number of thiophene rings is 1. The molecule has 1 heterocycles. The molecule has 0 aliphatic heterocycles. The van der Waals surface area contributed by atoms with Gasteiger partial charge in [0.15, 0.2) is 11.5 Å². The van der Waals surface area contributed by atoms with Gasteiger partial charge in [0.25, 0.3) is 17.5 Å². The lowest BCUT2D eigenvalue weighted by atomic mass is 10.2. The standard InChI is InChI=1S/C30H24N4O7S/c1-2-40-27-17-20(10-15-26(27)41-30(37)22-11-13-23(14-12-22)34(38)39)19-31-33-29(36)25(18-24-9-6-16-42-24)32-28(35)21-7-4-3-5-8-21/h3-19H,2H2,1H3,(H,32,35)(H,33,36)/b25-18+,31-19+. The molecule has 0 saturated heterocycles. The summed E-state index contributed by atoms with van der Waals surface area (Å²) in [6.45, 7) is 2.03. The van der Waals surface area contributed by atoms with Crippen molar-refractivity contribution in [3.63, 3.8) is 0 Å². The molecule has 212 valence electrons. The molecule has 0 aliphatic carbocycles. The van der Waals surface area contributed by atoms with Crippen LogP contribution >= 0.6 is 11.3 Å². The normalized spacial score (nSPS) is 11.1. The van der Waals surface area contributed by atoms with Crippen molar-refractivity contribution in [1.29, 1.82) is 0 Å². The zero-order valence-electron chi connectivity index (χ0n) is 22.2. The molecule has 0 spiro atoms. The van der Waals surface area contributed by atoms with Gasteiger partial charge in [0, 0.05) is 22.6 Å². The van der Waals surface area contributed by atoms with Crippen LogP contribution in [0, 0.1) is 10.1 Å². The first-order valence-corrected chi connectivity index (χ1v) is 13.4. The summed E-state index contributed by atoms with van der Waals surface area (Å²) in [5.74, 6) is -1.43. The number of hydrogen-bond acceptors (Lipinski definition) is 9. The summed E-state index contributed by atoms with van der Waals surface area (Å²) in [4.78, 5) is 49.2. The highest BCUT2D eigenvalue weighted by atomic mass is 32.1. The number of nitrogens with zero attached hydrogens (tertiary/aromatic N) is 2. The van der Waals surface area contributed by atoms with Gasteiger partial charge < -0.3 is 14.8 Å². The third-order valence-electron chi connectivity index (χ3n) is 5.52. The van der Waals surface area contributed by atoms with Gasteiger partial charge in [-0.2, -0.15) is 5.10 Å². The van der Waals surface area contributed by atoms with E-state index in [1.54, 1.807) is 61.5 Å². The Kier molecular flexibility index (Phi) is 9.89. The Labute approximate surface area is 244 Å². The Morgan fingerprint density at radius 3 is 2.38 bits per heavy atom. The molecule has 1 aromatic heterocycles. The quantitative estimate of drug-likeness (QED) is 0.0615. The van der Waals surface area contributed by atoms with Crippen LogP contribution in [0.3, 0.4) is 0 Å². The highest BCUT2D eigenvalue weighted by Crippen LogP contribution is 2.29. The van der Waals surface area contributed by atoms with E-state index in [9.17, 15) is 24.5 Å². The Morgan fingerprint density at radius 2 is 1.71 bits per heavy atom. The number of nitro groups is 1. The van der Waals surface area contributed by atoms with Crippen molar-refractivity contribution in [3.05, 3.63) is 128 Å². The maximum absolute atomic E-state index is 12.9. The fourth-order valence-corrected chi connectivity index (χ4v) is 4.18. The average molecular weight is 585 g/mol. The van der Waals surface area contributed by atoms with Crippen molar-refractivity contribution < 1.29 is 28.8 Å². The van der Waals surface area contributed by atoms with Crippen LogP contribution in [-0.2, 0) is 4.79 Å². The van der Waals surface area contributed by atoms with Gasteiger partial charge in [-0.15, -0.1) is 11.3 Å². The Bertz CT molecular complexity index is 1630. The molecule has 11 nitrogen and oxygen atoms in total. The SMILES string of the molecule is CCOc1cc(/C=N/NC(=O)/C(=C\c2cccs2)NC(=O)c2ccccc2)ccc1OC(=O)c1ccc([N+](=O)[O-])cc1. The lowest BCUT2D eigenvalue weighted by molar-refractivity contribution is -0.384. The molecule has 0 bridgehead atoms. The number of nitro benzene ring substituents is 1. The second kappa shape index (κ2) is 14.1. The number of carbonyl (C=O) groups is 3. The van der Waals surface area contributed by atoms with Crippen molar-refractivity contribution in [1.82, 2.24) is 10.7 Å². The monoisotopic (exact) mass is 584 g/mol. The van der Waals surface area contributed by atoms with Crippen molar-refractivity contribution in [2.24, 2.45) is 5.10 Å². The Morgan fingerprint density at radius 1 is 0.952 bits per heavy atom. The summed E-state index contributed by atoms with van der Waals surface area (Å²) in [7, 11) is 0. The molecule has 0 fully saturated rings. The van der Waals surface area contributed by atoms with E-state index in [-0.39, 0.29) is 35.1 Å². The number of rotatable bonds is 11. The van der Waals surface area contributed by atoms with Crippen LogP contribution in [0.4, 0.5) is 5.69 Å². The van der Waals surface area contributed by atoms with E-state index in [2.05, 4.69) is 15.8 Å². The summed E-state index contributed by atoms with van der Waals surface area (Å²) in [5, 5.41) is 19.3. The number of hydrazone groups is 1. The van der Waals surface area contributed by atoms with Crippen LogP contribution in [0.2, 0.25) is 0 Å². The number of esters is 1. The van der Waals surface area contributed by atoms with Gasteiger partial charge in [0.1, 0.15) is 5.70 Å². The lowest BCUT2D eigenvalue weighted by Gasteiger charge is -2.11. The van der Waals surface area contributed by atoms with Gasteiger partial charge in [0.2, 0.25) is 0 Å². The maximum atomic E-state index is 12.9. The minimum Gasteiger partial charge on any atom is -0.490 e. The first kappa shape index (κ1) is 29.4. The summed E-state index contributed by atoms with van der Waals surface area (Å²) >= 11 is 1.40. The minimum absolute atomic E-state index is 0.00645. The second-order valence-corrected chi connectivity index (χ2v) is 9.40. The molecular weight excluding hydrogens is 560 g/mol. The fraction of sp³-hybridized carbons (Fsp3) is 0.0667. The smallest absolute Gasteiger partial charge is 0.343 e. The van der Waals surface area contributed by atoms with Crippen LogP contribution in [0.1, 0.15) is 38.1 Å². The summed E-state index contributed by atoms with van der Waals surface area (Å²) in [5.41, 5.74) is 3.31. The highest BCUT2D eigenvalue weighted by Gasteiger charge is 2.16. The third kappa shape index (κ3) is 7.96. The Hall–Kier alpha value is -5.62. The summed E-state index contributed by atoms with van der Waals surface area (Å²) in [6, 6.07) is 21.8. The maximum Gasteiger partial charge on any atom is 0.343 e. The third-order valence-corrected chi connectivity index (χ3v) is 6.34. The van der Waals surface area contributed by atoms with Crippen molar-refractivity contribution >= 4 is 47.1 Å². The summed E-state index contributed by atoms with van der Waals surface area (Å²) < 4.78 is 11.0. The summed E-state index contributed by atoms with van der Waals surface area (Å²) in [6.07, 6.45) is 2.92. The molecule has 12 heteroatoms. The molecule has 0 unspecified atom stereocenters. The molecule has 0 atom stereocenters. The van der Waals surface area contributed by atoms with Gasteiger partial charge in [-0.1, -0.05) is 24.3 Å². The van der Waals surface area contributed by atoms with E-state index in [1.807, 2.05) is 11.4 Å². The number of carbonyl (C=O) groups excluding carboxylic acids is 3. The predicted octanol–water partition coefficient (Wildman–Crippen LogP) is 5.20. The molecule has 2 N–H and O–H groups in total. The van der Waals surface area contributed by atoms with Gasteiger partial charge in [-0.3, -0.25) is 19.7 Å². The van der Waals surface area contributed by atoms with E-state index >= 15 is 0 Å². The van der Waals surface area contributed by atoms with Crippen molar-refractivity contribution in [2.75, 3.05) is 6.61 Å². The first-order valence-electron chi connectivity index (χ1n) is 12.5. The largest absolute Gasteiger partial charge is 0.490 e. The zero-order chi connectivity index (χ0) is 29.9. The minimum atomic E-state index is -0.720. The molecular formula is C30H24N4O7S. The van der Waals surface area contributed by atoms with Crippen LogP contribution in [-0.4, -0.2) is 35.5 Å². The fourth-order valence-electron chi connectivity index (χ4n) is 3.52. The van der Waals surface area contributed by atoms with Gasteiger partial charge in [0.05, 0.1) is 23.3 Å². The van der Waals surface area contributed by atoms with E-state index in [4.69, 9.17) is 9.47 Å². The zero-order valence-corrected chi connectivity index (χ0v) is 23.0. The topological polar surface area (TPSA) is 149 Å². The number of non-ortho nitro benzene ring substituents is 1. The lowest BCUT2D eigenvalue weighted by Crippen LogP contribution is -2.32. The van der Waals surface area contributed by atoms with Crippen molar-refractivity contribution in [3.8, 4) is 11.5 Å². The van der Waals surface area contributed by atoms with Crippen LogP contribution in [0.15, 0.2) is 101 Å². The molecule has 2 amide bonds. The van der Waals surface area contributed by atoms with E-state index in [1.165, 1.54) is 47.9 Å². The number of ether oxygens (including phenoxy) is 2. The molecule has 4 rings (SSSR count). The van der Waals surface area contributed by atoms with E-state index in [0.717, 1.165) is 4.88 Å². The van der Waals surface area contributed by atoms with Crippen LogP contribution in [0.5, 0.6) is 11.5 Å². The molecule has 4 aromatic rings. The molecule has 0 radical (unpaired) electrons. The molecule has 3 aromatic carbocycles. The van der Waals surface area contributed by atoms with E-state index in [0.29, 0.717) is 11.1 Å². The molecule has 0 saturated carbocycles. The first-order chi connectivity index (χ1) is 20.3. The highest BCUT2D eigenvalue weighted by molar-refractivity contribution is 7.10. The average Bonchev–Trinajstić information content (AvgIpc) is 3.52. The van der Waals surface area contributed by atoms with E-state index < -0.39 is 22.7 Å². The Balaban J connectivity index is 1.46. The van der Waals surface area contributed by atoms with Gasteiger partial charge in [-0.05, 0) is 72.5 Å².